The second-order valence-electron chi connectivity index (χ2n) is 10.6. The molecule has 3 nitrogen and oxygen atoms in total. The number of alkyl halides is 12. The lowest BCUT2D eigenvalue weighted by molar-refractivity contribution is -0.929. The summed E-state index contributed by atoms with van der Waals surface area (Å²) in [5, 5.41) is 18.1. The molecule has 1 aromatic carbocycles. The number of hydrogen-bond donors (Lipinski definition) is 2. The van der Waals surface area contributed by atoms with Gasteiger partial charge in [0.1, 0.15) is 0 Å². The average molecular weight is 688 g/mol. The first-order valence-electron chi connectivity index (χ1n) is 14.1. The molecule has 0 heterocycles. The Kier molecular flexibility index (Phi) is 17.7. The summed E-state index contributed by atoms with van der Waals surface area (Å²) in [6.45, 7) is 15.0. The molecule has 0 amide bonds. The van der Waals surface area contributed by atoms with Gasteiger partial charge in [-0.05, 0) is 31.7 Å². The Hall–Kier alpha value is -1.45. The summed E-state index contributed by atoms with van der Waals surface area (Å²) in [6, 6.07) is -1.26. The van der Waals surface area contributed by atoms with E-state index < -0.39 is 53.1 Å². The highest BCUT2D eigenvalue weighted by molar-refractivity contribution is 5.36. The molecule has 0 radical (unpaired) electrons. The maximum Gasteiger partial charge on any atom is 0.430 e. The maximum atomic E-state index is 12.7. The molecule has 0 saturated carbocycles. The van der Waals surface area contributed by atoms with E-state index in [2.05, 4.69) is 27.7 Å². The van der Waals surface area contributed by atoms with Crippen LogP contribution in [0.5, 0.6) is 0 Å². The third kappa shape index (κ3) is 10.8. The Morgan fingerprint density at radius 3 is 0.909 bits per heavy atom. The molecule has 0 spiro atoms. The van der Waals surface area contributed by atoms with Crippen LogP contribution in [0.15, 0.2) is 24.3 Å². The Labute approximate surface area is 256 Å². The molecule has 0 saturated heterocycles. The van der Waals surface area contributed by atoms with Crippen LogP contribution in [0.25, 0.3) is 0 Å². The van der Waals surface area contributed by atoms with Gasteiger partial charge in [0.15, 0.2) is 0 Å². The summed E-state index contributed by atoms with van der Waals surface area (Å²) in [6.07, 6.45) is -15.1. The van der Waals surface area contributed by atoms with Crippen molar-refractivity contribution in [2.24, 2.45) is 0 Å². The Morgan fingerprint density at radius 1 is 0.500 bits per heavy atom. The van der Waals surface area contributed by atoms with Gasteiger partial charge in [0.25, 0.3) is 11.2 Å². The fourth-order valence-electron chi connectivity index (χ4n) is 4.59. The van der Waals surface area contributed by atoms with Crippen LogP contribution < -0.4 is 12.4 Å². The lowest BCUT2D eigenvalue weighted by Gasteiger charge is -2.39. The number of aliphatic hydroxyl groups is 2. The molecule has 0 aliphatic carbocycles. The second-order valence-corrected chi connectivity index (χ2v) is 10.6. The minimum Gasteiger partial charge on any atom is -1.00 e. The lowest BCUT2D eigenvalue weighted by atomic mass is 9.85. The molecule has 262 valence electrons. The second kappa shape index (κ2) is 17.5. The van der Waals surface area contributed by atoms with E-state index in [9.17, 15) is 52.7 Å². The van der Waals surface area contributed by atoms with Crippen LogP contribution in [0.2, 0.25) is 0 Å². The van der Waals surface area contributed by atoms with E-state index in [1.165, 1.54) is 82.0 Å². The number of hydrogen-bond acceptors (Lipinski definition) is 2. The van der Waals surface area contributed by atoms with Crippen molar-refractivity contribution in [2.75, 3.05) is 26.2 Å². The van der Waals surface area contributed by atoms with E-state index >= 15 is 0 Å². The number of unbranched alkanes of at least 4 members (excludes halogenated alkanes) is 4. The van der Waals surface area contributed by atoms with Crippen LogP contribution in [-0.4, -0.2) is 65.6 Å². The van der Waals surface area contributed by atoms with Gasteiger partial charge in [-0.3, -0.25) is 0 Å². The monoisotopic (exact) mass is 687 g/mol. The Morgan fingerprint density at radius 2 is 0.727 bits per heavy atom. The van der Waals surface area contributed by atoms with Gasteiger partial charge in [-0.1, -0.05) is 71.6 Å². The van der Waals surface area contributed by atoms with Gasteiger partial charge in [-0.2, -0.15) is 52.7 Å². The molecule has 44 heavy (non-hydrogen) atoms. The zero-order chi connectivity index (χ0) is 34.0. The normalized spacial score (nSPS) is 13.7. The fraction of sp³-hybridized carbons (Fsp3) is 0.786. The van der Waals surface area contributed by atoms with Crippen LogP contribution in [0.1, 0.15) is 90.2 Å². The predicted molar refractivity (Wildman–Crippen MR) is 138 cm³/mol. The predicted octanol–water partition coefficient (Wildman–Crippen LogP) is 6.32. The van der Waals surface area contributed by atoms with Gasteiger partial charge in [0.2, 0.25) is 0 Å². The average Bonchev–Trinajstić information content (AvgIpc) is 2.89. The highest BCUT2D eigenvalue weighted by Crippen LogP contribution is 2.53. The van der Waals surface area contributed by atoms with Gasteiger partial charge >= 0.3 is 24.7 Å². The van der Waals surface area contributed by atoms with Crippen molar-refractivity contribution in [3.63, 3.8) is 0 Å². The first-order chi connectivity index (χ1) is 19.5. The fourth-order valence-corrected chi connectivity index (χ4v) is 4.59. The van der Waals surface area contributed by atoms with Gasteiger partial charge in [-0.15, -0.1) is 0 Å². The molecular weight excluding hydrogens is 646 g/mol. The SMILES string of the molecule is CCCC[N+](CCCC)(CCCC)CCCC.OC(c1cccc(C(O)(C(F)(F)F)C(F)(F)F)c1)(C(F)(F)F)C(F)(F)F.[Cl-]. The van der Waals surface area contributed by atoms with Crippen molar-refractivity contribution in [1.29, 1.82) is 0 Å². The third-order valence-electron chi connectivity index (χ3n) is 7.28. The molecule has 0 fully saturated rings. The van der Waals surface area contributed by atoms with E-state index in [0.717, 1.165) is 0 Å². The van der Waals surface area contributed by atoms with E-state index in [4.69, 9.17) is 10.2 Å². The number of rotatable bonds is 14. The number of benzene rings is 1. The number of nitrogens with zero attached hydrogens (tertiary/aromatic N) is 1. The molecule has 0 aliphatic heterocycles. The number of quaternary nitrogens is 1. The minimum absolute atomic E-state index is 0. The van der Waals surface area contributed by atoms with Crippen molar-refractivity contribution < 1.29 is 79.8 Å². The molecule has 0 bridgehead atoms. The van der Waals surface area contributed by atoms with Crippen molar-refractivity contribution >= 4 is 0 Å². The summed E-state index contributed by atoms with van der Waals surface area (Å²) in [7, 11) is 0. The van der Waals surface area contributed by atoms with Crippen molar-refractivity contribution in [2.45, 2.75) is 115 Å². The molecule has 16 heteroatoms. The van der Waals surface area contributed by atoms with Gasteiger partial charge < -0.3 is 27.1 Å². The van der Waals surface area contributed by atoms with Gasteiger partial charge in [0.05, 0.1) is 26.2 Å². The molecule has 1 rings (SSSR count). The van der Waals surface area contributed by atoms with E-state index in [0.29, 0.717) is 0 Å². The van der Waals surface area contributed by atoms with E-state index in [1.807, 2.05) is 0 Å². The summed E-state index contributed by atoms with van der Waals surface area (Å²) >= 11 is 0. The maximum absolute atomic E-state index is 12.7. The molecule has 2 N–H and O–H groups in total. The summed E-state index contributed by atoms with van der Waals surface area (Å²) in [5.74, 6) is 0. The molecule has 0 aliphatic rings. The molecule has 1 aromatic rings. The quantitative estimate of drug-likeness (QED) is 0.178. The topological polar surface area (TPSA) is 40.5 Å². The first kappa shape index (κ1) is 44.7. The minimum atomic E-state index is -6.54. The van der Waals surface area contributed by atoms with E-state index in [-0.39, 0.29) is 30.6 Å². The molecule has 0 unspecified atom stereocenters. The van der Waals surface area contributed by atoms with Crippen LogP contribution in [0.3, 0.4) is 0 Å². The first-order valence-corrected chi connectivity index (χ1v) is 14.1. The third-order valence-corrected chi connectivity index (χ3v) is 7.28. The molecular formula is C28H42ClF12NO2. The van der Waals surface area contributed by atoms with Crippen LogP contribution >= 0.6 is 0 Å². The summed E-state index contributed by atoms with van der Waals surface area (Å²) in [4.78, 5) is 0. The Balaban J connectivity index is 0. The molecule has 0 aromatic heterocycles. The summed E-state index contributed by atoms with van der Waals surface area (Å²) in [5.41, 5.74) is -16.3. The highest BCUT2D eigenvalue weighted by atomic mass is 35.5. The smallest absolute Gasteiger partial charge is 0.430 e. The lowest BCUT2D eigenvalue weighted by Crippen LogP contribution is -3.00. The largest absolute Gasteiger partial charge is 1.00 e. The van der Waals surface area contributed by atoms with Crippen LogP contribution in [0.4, 0.5) is 52.7 Å². The van der Waals surface area contributed by atoms with Crippen LogP contribution in [-0.2, 0) is 11.2 Å². The zero-order valence-corrected chi connectivity index (χ0v) is 25.8. The zero-order valence-electron chi connectivity index (χ0n) is 25.0. The van der Waals surface area contributed by atoms with Gasteiger partial charge in [0, 0.05) is 11.1 Å². The van der Waals surface area contributed by atoms with Crippen LogP contribution in [0, 0.1) is 0 Å². The van der Waals surface area contributed by atoms with Gasteiger partial charge in [-0.25, -0.2) is 0 Å². The molecule has 0 atom stereocenters. The van der Waals surface area contributed by atoms with Crippen molar-refractivity contribution in [3.05, 3.63) is 35.4 Å². The van der Waals surface area contributed by atoms with Crippen molar-refractivity contribution in [3.8, 4) is 0 Å². The van der Waals surface area contributed by atoms with Crippen molar-refractivity contribution in [1.82, 2.24) is 0 Å². The summed E-state index contributed by atoms with van der Waals surface area (Å²) < 4.78 is 154. The number of halogens is 13. The van der Waals surface area contributed by atoms with E-state index in [1.54, 1.807) is 0 Å². The standard InChI is InChI=1S/C16H36N.C12H6F12O2.ClH/c1-5-9-13-17(14-10-6-2,15-11-7-3)16-12-8-4;13-9(14,15)7(25,10(16,17)18)5-2-1-3-6(4-5)8(26,11(19,20)21)12(22,23)24;/h5-16H2,1-4H3;1-4,25-26H;1H/q+1;;/p-1. The highest BCUT2D eigenvalue weighted by Gasteiger charge is 2.74. The Bertz CT molecular complexity index is 828.